The van der Waals surface area contributed by atoms with Crippen molar-refractivity contribution in [3.63, 3.8) is 0 Å². The van der Waals surface area contributed by atoms with Crippen LogP contribution in [0.3, 0.4) is 0 Å². The maximum atomic E-state index is 13.0. The van der Waals surface area contributed by atoms with Gasteiger partial charge in [-0.2, -0.15) is 13.2 Å². The van der Waals surface area contributed by atoms with Gasteiger partial charge in [-0.1, -0.05) is 18.9 Å². The Bertz CT molecular complexity index is 428. The van der Waals surface area contributed by atoms with Crippen LogP contribution in [0.25, 0.3) is 0 Å². The van der Waals surface area contributed by atoms with Gasteiger partial charge in [0.25, 0.3) is 0 Å². The normalized spacial score (nSPS) is 24.3. The molecule has 1 aliphatic rings. The van der Waals surface area contributed by atoms with Gasteiger partial charge < -0.3 is 5.32 Å². The van der Waals surface area contributed by atoms with Crippen molar-refractivity contribution in [2.45, 2.75) is 37.9 Å². The molecular weight excluding hydrogens is 387 g/mol. The maximum absolute atomic E-state index is 13.0. The van der Waals surface area contributed by atoms with Gasteiger partial charge in [0.1, 0.15) is 0 Å². The molecule has 1 nitrogen and oxygen atoms in total. The highest BCUT2D eigenvalue weighted by Crippen LogP contribution is 2.41. The van der Waals surface area contributed by atoms with Crippen molar-refractivity contribution >= 4 is 37.5 Å². The summed E-state index contributed by atoms with van der Waals surface area (Å²) in [6.45, 7) is 0. The van der Waals surface area contributed by atoms with Gasteiger partial charge in [0.2, 0.25) is 0 Å². The van der Waals surface area contributed by atoms with E-state index in [1.165, 1.54) is 0 Å². The third kappa shape index (κ3) is 3.66. The van der Waals surface area contributed by atoms with Crippen molar-refractivity contribution in [1.29, 1.82) is 0 Å². The minimum atomic E-state index is -4.13. The second-order valence-electron chi connectivity index (χ2n) is 4.78. The maximum Gasteiger partial charge on any atom is 0.393 e. The predicted molar refractivity (Wildman–Crippen MR) is 77.3 cm³/mol. The van der Waals surface area contributed by atoms with E-state index in [2.05, 4.69) is 37.2 Å². The van der Waals surface area contributed by atoms with E-state index in [4.69, 9.17) is 0 Å². The number of para-hydroxylation sites is 1. The highest BCUT2D eigenvalue weighted by Gasteiger charge is 2.45. The molecule has 19 heavy (non-hydrogen) atoms. The molecule has 1 aliphatic carbocycles. The summed E-state index contributed by atoms with van der Waals surface area (Å²) in [6, 6.07) is 4.92. The SMILES string of the molecule is FC(F)(F)C1CCCCC1Nc1c(Br)cccc1Br. The van der Waals surface area contributed by atoms with Crippen molar-refractivity contribution in [2.24, 2.45) is 5.92 Å². The highest BCUT2D eigenvalue weighted by atomic mass is 79.9. The van der Waals surface area contributed by atoms with Gasteiger partial charge in [0.15, 0.2) is 0 Å². The van der Waals surface area contributed by atoms with Gasteiger partial charge in [0, 0.05) is 15.0 Å². The Hall–Kier alpha value is -0.230. The van der Waals surface area contributed by atoms with Crippen LogP contribution in [-0.4, -0.2) is 12.2 Å². The Morgan fingerprint density at radius 3 is 2.21 bits per heavy atom. The molecule has 0 saturated heterocycles. The molecule has 1 saturated carbocycles. The van der Waals surface area contributed by atoms with E-state index in [9.17, 15) is 13.2 Å². The molecule has 1 aromatic carbocycles. The molecule has 6 heteroatoms. The number of hydrogen-bond acceptors (Lipinski definition) is 1. The van der Waals surface area contributed by atoms with Crippen LogP contribution in [0.4, 0.5) is 18.9 Å². The van der Waals surface area contributed by atoms with E-state index in [-0.39, 0.29) is 6.42 Å². The van der Waals surface area contributed by atoms with E-state index >= 15 is 0 Å². The first-order valence-corrected chi connectivity index (χ1v) is 7.75. The molecule has 0 spiro atoms. The molecule has 2 rings (SSSR count). The third-order valence-corrected chi connectivity index (χ3v) is 4.80. The Labute approximate surface area is 127 Å². The first-order chi connectivity index (χ1) is 8.89. The average Bonchev–Trinajstić information content (AvgIpc) is 2.33. The van der Waals surface area contributed by atoms with Gasteiger partial charge in [-0.25, -0.2) is 0 Å². The number of hydrogen-bond donors (Lipinski definition) is 1. The minimum Gasteiger partial charge on any atom is -0.380 e. The summed E-state index contributed by atoms with van der Waals surface area (Å²) in [5.41, 5.74) is 0.698. The zero-order valence-electron chi connectivity index (χ0n) is 10.1. The number of anilines is 1. The van der Waals surface area contributed by atoms with Crippen LogP contribution in [0.2, 0.25) is 0 Å². The summed E-state index contributed by atoms with van der Waals surface area (Å²) in [6.07, 6.45) is -1.88. The second-order valence-corrected chi connectivity index (χ2v) is 6.49. The lowest BCUT2D eigenvalue weighted by Gasteiger charge is -2.34. The van der Waals surface area contributed by atoms with E-state index in [1.807, 2.05) is 18.2 Å². The number of rotatable bonds is 2. The Balaban J connectivity index is 2.20. The second kappa shape index (κ2) is 6.04. The van der Waals surface area contributed by atoms with Gasteiger partial charge in [-0.05, 0) is 56.8 Å². The van der Waals surface area contributed by atoms with Crippen molar-refractivity contribution in [3.8, 4) is 0 Å². The molecule has 0 heterocycles. The smallest absolute Gasteiger partial charge is 0.380 e. The Kier molecular flexibility index (Phi) is 4.82. The van der Waals surface area contributed by atoms with Crippen LogP contribution in [0, 0.1) is 5.92 Å². The van der Waals surface area contributed by atoms with Crippen LogP contribution < -0.4 is 5.32 Å². The molecule has 2 atom stereocenters. The molecular formula is C13H14Br2F3N. The summed E-state index contributed by atoms with van der Waals surface area (Å²) in [4.78, 5) is 0. The minimum absolute atomic E-state index is 0.212. The van der Waals surface area contributed by atoms with Gasteiger partial charge >= 0.3 is 6.18 Å². The number of benzene rings is 1. The van der Waals surface area contributed by atoms with Crippen LogP contribution in [0.5, 0.6) is 0 Å². The molecule has 1 aromatic rings. The van der Waals surface area contributed by atoms with Gasteiger partial charge in [-0.3, -0.25) is 0 Å². The molecule has 1 fully saturated rings. The highest BCUT2D eigenvalue weighted by molar-refractivity contribution is 9.11. The summed E-state index contributed by atoms with van der Waals surface area (Å²) in [5, 5.41) is 3.06. The molecule has 0 aromatic heterocycles. The van der Waals surface area contributed by atoms with Crippen LogP contribution in [0.1, 0.15) is 25.7 Å². The summed E-state index contributed by atoms with van der Waals surface area (Å²) < 4.78 is 40.6. The zero-order chi connectivity index (χ0) is 14.0. The lowest BCUT2D eigenvalue weighted by molar-refractivity contribution is -0.184. The molecule has 106 valence electrons. The monoisotopic (exact) mass is 399 g/mol. The van der Waals surface area contributed by atoms with Gasteiger partial charge in [0.05, 0.1) is 11.6 Å². The first-order valence-electron chi connectivity index (χ1n) is 6.17. The van der Waals surface area contributed by atoms with E-state index in [0.717, 1.165) is 15.4 Å². The van der Waals surface area contributed by atoms with Crippen molar-refractivity contribution < 1.29 is 13.2 Å². The summed E-state index contributed by atoms with van der Waals surface area (Å²) in [5.74, 6) is -1.26. The predicted octanol–water partition coefficient (Wildman–Crippen LogP) is 5.74. The van der Waals surface area contributed by atoms with Crippen LogP contribution >= 0.6 is 31.9 Å². The lowest BCUT2D eigenvalue weighted by atomic mass is 9.84. The number of alkyl halides is 3. The van der Waals surface area contributed by atoms with Crippen LogP contribution in [-0.2, 0) is 0 Å². The van der Waals surface area contributed by atoms with E-state index in [1.54, 1.807) is 0 Å². The zero-order valence-corrected chi connectivity index (χ0v) is 13.3. The van der Waals surface area contributed by atoms with E-state index < -0.39 is 18.1 Å². The van der Waals surface area contributed by atoms with Gasteiger partial charge in [-0.15, -0.1) is 0 Å². The fraction of sp³-hybridized carbons (Fsp3) is 0.538. The third-order valence-electron chi connectivity index (χ3n) is 3.48. The first kappa shape index (κ1) is 15.2. The summed E-state index contributed by atoms with van der Waals surface area (Å²) in [7, 11) is 0. The molecule has 0 amide bonds. The van der Waals surface area contributed by atoms with E-state index in [0.29, 0.717) is 18.5 Å². The Morgan fingerprint density at radius 2 is 1.63 bits per heavy atom. The summed E-state index contributed by atoms with van der Waals surface area (Å²) >= 11 is 6.74. The quantitative estimate of drug-likeness (QED) is 0.666. The molecule has 2 unspecified atom stereocenters. The number of halogens is 5. The molecule has 0 radical (unpaired) electrons. The average molecular weight is 401 g/mol. The molecule has 0 aliphatic heterocycles. The molecule has 1 N–H and O–H groups in total. The number of nitrogens with one attached hydrogen (secondary N) is 1. The fourth-order valence-corrected chi connectivity index (χ4v) is 3.74. The standard InChI is InChI=1S/C13H14Br2F3N/c14-9-5-3-6-10(15)12(9)19-11-7-2-1-4-8(11)13(16,17)18/h3,5-6,8,11,19H,1-2,4,7H2. The van der Waals surface area contributed by atoms with Crippen LogP contribution in [0.15, 0.2) is 27.1 Å². The lowest BCUT2D eigenvalue weighted by Crippen LogP contribution is -2.41. The topological polar surface area (TPSA) is 12.0 Å². The largest absolute Gasteiger partial charge is 0.393 e. The fourth-order valence-electron chi connectivity index (χ4n) is 2.52. The van der Waals surface area contributed by atoms with Crippen molar-refractivity contribution in [1.82, 2.24) is 0 Å². The van der Waals surface area contributed by atoms with Crippen molar-refractivity contribution in [2.75, 3.05) is 5.32 Å². The Morgan fingerprint density at radius 1 is 1.05 bits per heavy atom. The van der Waals surface area contributed by atoms with Crippen molar-refractivity contribution in [3.05, 3.63) is 27.1 Å². The molecule has 0 bridgehead atoms.